The molecule has 0 saturated carbocycles. The van der Waals surface area contributed by atoms with Crippen molar-refractivity contribution in [2.45, 2.75) is 52.0 Å². The SMILES string of the molecule is CC(C)(C)OC(=O)N1CCC(CC(=O)Nc2cccc(OC(F)(F)F)c2)CC1. The number of nitrogens with zero attached hydrogens (tertiary/aromatic N) is 1. The van der Waals surface area contributed by atoms with E-state index in [1.54, 1.807) is 25.7 Å². The van der Waals surface area contributed by atoms with Crippen molar-refractivity contribution in [1.82, 2.24) is 4.90 Å². The second-order valence-electron chi connectivity index (χ2n) is 7.74. The van der Waals surface area contributed by atoms with Gasteiger partial charge in [0.2, 0.25) is 5.91 Å². The molecule has 0 aromatic heterocycles. The van der Waals surface area contributed by atoms with Crippen molar-refractivity contribution in [2.24, 2.45) is 5.92 Å². The topological polar surface area (TPSA) is 67.9 Å². The van der Waals surface area contributed by atoms with Gasteiger partial charge < -0.3 is 19.7 Å². The zero-order chi connectivity index (χ0) is 20.9. The first-order valence-electron chi connectivity index (χ1n) is 9.05. The predicted molar refractivity (Wildman–Crippen MR) is 96.9 cm³/mol. The van der Waals surface area contributed by atoms with Gasteiger partial charge in [-0.1, -0.05) is 6.07 Å². The molecule has 6 nitrogen and oxygen atoms in total. The molecule has 1 aromatic rings. The van der Waals surface area contributed by atoms with Gasteiger partial charge >= 0.3 is 12.5 Å². The predicted octanol–water partition coefficient (Wildman–Crippen LogP) is 4.56. The van der Waals surface area contributed by atoms with E-state index >= 15 is 0 Å². The minimum absolute atomic E-state index is 0.0910. The molecule has 1 aliphatic heterocycles. The highest BCUT2D eigenvalue weighted by Crippen LogP contribution is 2.26. The Morgan fingerprint density at radius 1 is 1.18 bits per heavy atom. The van der Waals surface area contributed by atoms with Gasteiger partial charge in [0, 0.05) is 31.3 Å². The van der Waals surface area contributed by atoms with Gasteiger partial charge in [-0.2, -0.15) is 0 Å². The van der Waals surface area contributed by atoms with Crippen LogP contribution in [0.2, 0.25) is 0 Å². The lowest BCUT2D eigenvalue weighted by atomic mass is 9.93. The maximum absolute atomic E-state index is 12.3. The quantitative estimate of drug-likeness (QED) is 0.802. The molecular formula is C19H25F3N2O4. The molecule has 1 aromatic carbocycles. The van der Waals surface area contributed by atoms with Gasteiger partial charge in [0.05, 0.1) is 0 Å². The number of alkyl halides is 3. The molecule has 0 bridgehead atoms. The summed E-state index contributed by atoms with van der Waals surface area (Å²) in [5.74, 6) is -0.593. The van der Waals surface area contributed by atoms with Gasteiger partial charge in [-0.25, -0.2) is 4.79 Å². The third kappa shape index (κ3) is 7.66. The van der Waals surface area contributed by atoms with E-state index in [-0.39, 0.29) is 30.0 Å². The number of rotatable bonds is 4. The Balaban J connectivity index is 1.80. The number of hydrogen-bond acceptors (Lipinski definition) is 4. The van der Waals surface area contributed by atoms with Crippen molar-refractivity contribution in [3.8, 4) is 5.75 Å². The van der Waals surface area contributed by atoms with Crippen LogP contribution in [0.15, 0.2) is 24.3 Å². The number of amides is 2. The number of anilines is 1. The zero-order valence-corrected chi connectivity index (χ0v) is 16.1. The molecule has 1 fully saturated rings. The fourth-order valence-corrected chi connectivity index (χ4v) is 2.89. The first-order valence-corrected chi connectivity index (χ1v) is 9.05. The summed E-state index contributed by atoms with van der Waals surface area (Å²) >= 11 is 0. The molecule has 1 heterocycles. The maximum atomic E-state index is 12.3. The second kappa shape index (κ2) is 8.70. The van der Waals surface area contributed by atoms with E-state index < -0.39 is 17.7 Å². The van der Waals surface area contributed by atoms with Crippen molar-refractivity contribution in [1.29, 1.82) is 0 Å². The first-order chi connectivity index (χ1) is 12.9. The van der Waals surface area contributed by atoms with Gasteiger partial charge in [-0.05, 0) is 51.7 Å². The number of piperidine rings is 1. The smallest absolute Gasteiger partial charge is 0.444 e. The van der Waals surface area contributed by atoms with Crippen LogP contribution in [0.1, 0.15) is 40.0 Å². The molecule has 9 heteroatoms. The van der Waals surface area contributed by atoms with Crippen molar-refractivity contribution in [2.75, 3.05) is 18.4 Å². The highest BCUT2D eigenvalue weighted by molar-refractivity contribution is 5.91. The Bertz CT molecular complexity index is 693. The van der Waals surface area contributed by atoms with E-state index in [2.05, 4.69) is 10.1 Å². The monoisotopic (exact) mass is 402 g/mol. The maximum Gasteiger partial charge on any atom is 0.573 e. The molecule has 2 amide bonds. The number of likely N-dealkylation sites (tertiary alicyclic amines) is 1. The minimum atomic E-state index is -4.79. The van der Waals surface area contributed by atoms with Crippen LogP contribution in [0.25, 0.3) is 0 Å². The molecule has 28 heavy (non-hydrogen) atoms. The lowest BCUT2D eigenvalue weighted by Crippen LogP contribution is -2.42. The van der Waals surface area contributed by atoms with Crippen LogP contribution in [0.4, 0.5) is 23.7 Å². The van der Waals surface area contributed by atoms with Gasteiger partial charge in [-0.3, -0.25) is 4.79 Å². The standard InChI is InChI=1S/C19H25F3N2O4/c1-18(2,3)28-17(26)24-9-7-13(8-10-24)11-16(25)23-14-5-4-6-15(12-14)27-19(20,21)22/h4-6,12-13H,7-11H2,1-3H3,(H,23,25). The Morgan fingerprint density at radius 2 is 1.82 bits per heavy atom. The fourth-order valence-electron chi connectivity index (χ4n) is 2.89. The first kappa shape index (κ1) is 21.8. The number of ether oxygens (including phenoxy) is 2. The van der Waals surface area contributed by atoms with Crippen LogP contribution in [-0.4, -0.2) is 42.0 Å². The number of carbonyl (C=O) groups is 2. The summed E-state index contributed by atoms with van der Waals surface area (Å²) in [6.07, 6.45) is -3.61. The molecular weight excluding hydrogens is 377 g/mol. The highest BCUT2D eigenvalue weighted by Gasteiger charge is 2.31. The van der Waals surface area contributed by atoms with Crippen LogP contribution in [0.5, 0.6) is 5.75 Å². The summed E-state index contributed by atoms with van der Waals surface area (Å²) in [6.45, 7) is 6.41. The third-order valence-corrected chi connectivity index (χ3v) is 4.09. The molecule has 0 spiro atoms. The van der Waals surface area contributed by atoms with E-state index in [1.165, 1.54) is 12.1 Å². The van der Waals surface area contributed by atoms with Crippen molar-refractivity contribution >= 4 is 17.7 Å². The molecule has 156 valence electrons. The molecule has 0 atom stereocenters. The van der Waals surface area contributed by atoms with Gasteiger partial charge in [0.15, 0.2) is 0 Å². The summed E-state index contributed by atoms with van der Waals surface area (Å²) in [5, 5.41) is 2.59. The van der Waals surface area contributed by atoms with Crippen LogP contribution in [0, 0.1) is 5.92 Å². The van der Waals surface area contributed by atoms with Gasteiger partial charge in [0.25, 0.3) is 0 Å². The normalized spacial score (nSPS) is 15.9. The summed E-state index contributed by atoms with van der Waals surface area (Å²) < 4.78 is 46.0. The molecule has 0 unspecified atom stereocenters. The Kier molecular flexibility index (Phi) is 6.79. The van der Waals surface area contributed by atoms with Crippen LogP contribution in [-0.2, 0) is 9.53 Å². The van der Waals surface area contributed by atoms with E-state index in [4.69, 9.17) is 4.74 Å². The number of carbonyl (C=O) groups excluding carboxylic acids is 2. The molecule has 0 aliphatic carbocycles. The molecule has 0 radical (unpaired) electrons. The summed E-state index contributed by atoms with van der Waals surface area (Å²) in [4.78, 5) is 25.9. The van der Waals surface area contributed by atoms with Crippen LogP contribution < -0.4 is 10.1 Å². The Labute approximate surface area is 162 Å². The number of benzene rings is 1. The van der Waals surface area contributed by atoms with Crippen molar-refractivity contribution in [3.63, 3.8) is 0 Å². The van der Waals surface area contributed by atoms with Crippen LogP contribution >= 0.6 is 0 Å². The molecule has 1 N–H and O–H groups in total. The fraction of sp³-hybridized carbons (Fsp3) is 0.579. The van der Waals surface area contributed by atoms with E-state index in [9.17, 15) is 22.8 Å². The highest BCUT2D eigenvalue weighted by atomic mass is 19.4. The van der Waals surface area contributed by atoms with E-state index in [0.29, 0.717) is 25.9 Å². The van der Waals surface area contributed by atoms with E-state index in [0.717, 1.165) is 12.1 Å². The van der Waals surface area contributed by atoms with Crippen LogP contribution in [0.3, 0.4) is 0 Å². The largest absolute Gasteiger partial charge is 0.573 e. The molecule has 2 rings (SSSR count). The minimum Gasteiger partial charge on any atom is -0.444 e. The average Bonchev–Trinajstić information content (AvgIpc) is 2.52. The summed E-state index contributed by atoms with van der Waals surface area (Å²) in [5.41, 5.74) is -0.323. The molecule has 1 aliphatic rings. The number of halogens is 3. The Morgan fingerprint density at radius 3 is 2.39 bits per heavy atom. The summed E-state index contributed by atoms with van der Waals surface area (Å²) in [6, 6.07) is 5.15. The zero-order valence-electron chi connectivity index (χ0n) is 16.1. The average molecular weight is 402 g/mol. The molecule has 1 saturated heterocycles. The van der Waals surface area contributed by atoms with Crippen molar-refractivity contribution in [3.05, 3.63) is 24.3 Å². The number of hydrogen-bond donors (Lipinski definition) is 1. The third-order valence-electron chi connectivity index (χ3n) is 4.09. The van der Waals surface area contributed by atoms with E-state index in [1.807, 2.05) is 0 Å². The van der Waals surface area contributed by atoms with Crippen molar-refractivity contribution < 1.29 is 32.2 Å². The second-order valence-corrected chi connectivity index (χ2v) is 7.74. The lowest BCUT2D eigenvalue weighted by molar-refractivity contribution is -0.274. The van der Waals surface area contributed by atoms with Gasteiger partial charge in [0.1, 0.15) is 11.4 Å². The lowest BCUT2D eigenvalue weighted by Gasteiger charge is -2.33. The number of nitrogens with one attached hydrogen (secondary N) is 1. The summed E-state index contributed by atoms with van der Waals surface area (Å²) in [7, 11) is 0. The Hall–Kier alpha value is -2.45. The van der Waals surface area contributed by atoms with Gasteiger partial charge in [-0.15, -0.1) is 13.2 Å².